The van der Waals surface area contributed by atoms with E-state index in [4.69, 9.17) is 4.52 Å². The van der Waals surface area contributed by atoms with E-state index in [1.54, 1.807) is 6.07 Å². The van der Waals surface area contributed by atoms with Crippen LogP contribution in [0, 0.1) is 6.92 Å². The van der Waals surface area contributed by atoms with Crippen LogP contribution < -0.4 is 0 Å². The minimum absolute atomic E-state index is 0.0771. The maximum Gasteiger partial charge on any atom is 0.292 e. The van der Waals surface area contributed by atoms with Crippen molar-refractivity contribution < 1.29 is 9.32 Å². The molecule has 7 heteroatoms. The standard InChI is InChI=1S/C17H25N5O2/c1-13-11-15(24-19-13)17(23)22-7-4-5-14(12-22)16-18-6-8-21(16)10-9-20(2)3/h6,8,11,14H,4-5,7,9-10,12H2,1-3H3. The highest BCUT2D eigenvalue weighted by molar-refractivity contribution is 5.91. The molecule has 7 nitrogen and oxygen atoms in total. The molecule has 130 valence electrons. The number of carbonyl (C=O) groups excluding carboxylic acids is 1. The topological polar surface area (TPSA) is 67.4 Å². The number of nitrogens with zero attached hydrogens (tertiary/aromatic N) is 5. The van der Waals surface area contributed by atoms with Crippen LogP contribution in [-0.2, 0) is 6.54 Å². The Morgan fingerprint density at radius 2 is 2.29 bits per heavy atom. The molecule has 0 N–H and O–H groups in total. The van der Waals surface area contributed by atoms with E-state index in [0.717, 1.165) is 44.0 Å². The summed E-state index contributed by atoms with van der Waals surface area (Å²) in [5, 5.41) is 3.81. The number of aromatic nitrogens is 3. The summed E-state index contributed by atoms with van der Waals surface area (Å²) in [7, 11) is 4.13. The van der Waals surface area contributed by atoms with E-state index in [1.165, 1.54) is 0 Å². The van der Waals surface area contributed by atoms with Crippen LogP contribution in [0.1, 0.15) is 40.8 Å². The van der Waals surface area contributed by atoms with Crippen molar-refractivity contribution in [3.8, 4) is 0 Å². The smallest absolute Gasteiger partial charge is 0.292 e. The summed E-state index contributed by atoms with van der Waals surface area (Å²) in [4.78, 5) is 21.2. The predicted octanol–water partition coefficient (Wildman–Crippen LogP) is 1.76. The van der Waals surface area contributed by atoms with Crippen LogP contribution in [0.2, 0.25) is 0 Å². The fraction of sp³-hybridized carbons (Fsp3) is 0.588. The number of hydrogen-bond acceptors (Lipinski definition) is 5. The van der Waals surface area contributed by atoms with Gasteiger partial charge in [-0.05, 0) is 33.9 Å². The number of hydrogen-bond donors (Lipinski definition) is 0. The largest absolute Gasteiger partial charge is 0.351 e. The fourth-order valence-corrected chi connectivity index (χ4v) is 3.17. The molecule has 24 heavy (non-hydrogen) atoms. The van der Waals surface area contributed by atoms with Crippen molar-refractivity contribution >= 4 is 5.91 Å². The Hall–Kier alpha value is -2.15. The van der Waals surface area contributed by atoms with Crippen molar-refractivity contribution in [2.24, 2.45) is 0 Å². The van der Waals surface area contributed by atoms with Crippen LogP contribution in [0.5, 0.6) is 0 Å². The van der Waals surface area contributed by atoms with Gasteiger partial charge < -0.3 is 18.9 Å². The first-order chi connectivity index (χ1) is 11.5. The van der Waals surface area contributed by atoms with Gasteiger partial charge in [-0.2, -0.15) is 0 Å². The van der Waals surface area contributed by atoms with Crippen LogP contribution >= 0.6 is 0 Å². The molecule has 0 aliphatic carbocycles. The second kappa shape index (κ2) is 7.17. The molecule has 1 atom stereocenters. The van der Waals surface area contributed by atoms with E-state index in [9.17, 15) is 4.79 Å². The molecule has 1 fully saturated rings. The average Bonchev–Trinajstić information content (AvgIpc) is 3.21. The quantitative estimate of drug-likeness (QED) is 0.835. The first-order valence-corrected chi connectivity index (χ1v) is 8.43. The molecule has 0 saturated carbocycles. The Morgan fingerprint density at radius 3 is 3.00 bits per heavy atom. The molecule has 0 aromatic carbocycles. The lowest BCUT2D eigenvalue weighted by atomic mass is 9.97. The number of imidazole rings is 1. The maximum absolute atomic E-state index is 12.6. The zero-order valence-electron chi connectivity index (χ0n) is 14.6. The molecule has 2 aromatic heterocycles. The Morgan fingerprint density at radius 1 is 1.46 bits per heavy atom. The van der Waals surface area contributed by atoms with Crippen LogP contribution in [-0.4, -0.2) is 64.1 Å². The molecule has 1 amide bonds. The average molecular weight is 331 g/mol. The molecule has 0 spiro atoms. The van der Waals surface area contributed by atoms with Crippen molar-refractivity contribution in [1.29, 1.82) is 0 Å². The summed E-state index contributed by atoms with van der Waals surface area (Å²) in [6.07, 6.45) is 5.91. The molecule has 0 bridgehead atoms. The number of aryl methyl sites for hydroxylation is 1. The van der Waals surface area contributed by atoms with E-state index < -0.39 is 0 Å². The lowest BCUT2D eigenvalue weighted by molar-refractivity contribution is 0.0661. The molecule has 1 saturated heterocycles. The highest BCUT2D eigenvalue weighted by atomic mass is 16.5. The predicted molar refractivity (Wildman–Crippen MR) is 89.9 cm³/mol. The molecule has 3 heterocycles. The molecular weight excluding hydrogens is 306 g/mol. The number of likely N-dealkylation sites (tertiary alicyclic amines) is 1. The van der Waals surface area contributed by atoms with Gasteiger partial charge in [0, 0.05) is 50.6 Å². The third-order valence-corrected chi connectivity index (χ3v) is 4.45. The molecule has 0 radical (unpaired) electrons. The van der Waals surface area contributed by atoms with Gasteiger partial charge in [-0.3, -0.25) is 4.79 Å². The van der Waals surface area contributed by atoms with Gasteiger partial charge >= 0.3 is 0 Å². The first-order valence-electron chi connectivity index (χ1n) is 8.43. The zero-order valence-corrected chi connectivity index (χ0v) is 14.6. The van der Waals surface area contributed by atoms with Crippen molar-refractivity contribution in [3.05, 3.63) is 35.7 Å². The van der Waals surface area contributed by atoms with Gasteiger partial charge in [0.25, 0.3) is 5.91 Å². The summed E-state index contributed by atoms with van der Waals surface area (Å²) < 4.78 is 7.33. The van der Waals surface area contributed by atoms with Crippen LogP contribution in [0.3, 0.4) is 0 Å². The van der Waals surface area contributed by atoms with Crippen molar-refractivity contribution in [2.75, 3.05) is 33.7 Å². The Balaban J connectivity index is 1.70. The number of piperidine rings is 1. The normalized spacial score (nSPS) is 18.3. The second-order valence-electron chi connectivity index (χ2n) is 6.70. The lowest BCUT2D eigenvalue weighted by Gasteiger charge is -2.32. The van der Waals surface area contributed by atoms with Gasteiger partial charge in [0.05, 0.1) is 5.69 Å². The number of rotatable bonds is 5. The fourth-order valence-electron chi connectivity index (χ4n) is 3.17. The van der Waals surface area contributed by atoms with Crippen molar-refractivity contribution in [1.82, 2.24) is 24.5 Å². The Kier molecular flexibility index (Phi) is 4.99. The monoisotopic (exact) mass is 331 g/mol. The highest BCUT2D eigenvalue weighted by Crippen LogP contribution is 2.27. The molecule has 3 rings (SSSR count). The van der Waals surface area contributed by atoms with Gasteiger partial charge in [0.1, 0.15) is 5.82 Å². The SMILES string of the molecule is Cc1cc(C(=O)N2CCCC(c3nccn3CCN(C)C)C2)on1. The summed E-state index contributed by atoms with van der Waals surface area (Å²) in [6.45, 7) is 5.13. The minimum Gasteiger partial charge on any atom is -0.351 e. The lowest BCUT2D eigenvalue weighted by Crippen LogP contribution is -2.39. The van der Waals surface area contributed by atoms with Crippen LogP contribution in [0.15, 0.2) is 23.0 Å². The second-order valence-corrected chi connectivity index (χ2v) is 6.70. The Labute approximate surface area is 142 Å². The first kappa shape index (κ1) is 16.7. The number of carbonyl (C=O) groups is 1. The maximum atomic E-state index is 12.6. The molecule has 1 unspecified atom stereocenters. The minimum atomic E-state index is -0.0771. The molecular formula is C17H25N5O2. The van der Waals surface area contributed by atoms with E-state index in [0.29, 0.717) is 12.3 Å². The van der Waals surface area contributed by atoms with Gasteiger partial charge in [0.2, 0.25) is 5.76 Å². The Bertz CT molecular complexity index is 691. The van der Waals surface area contributed by atoms with Crippen molar-refractivity contribution in [2.45, 2.75) is 32.2 Å². The van der Waals surface area contributed by atoms with Crippen LogP contribution in [0.25, 0.3) is 0 Å². The van der Waals surface area contributed by atoms with Crippen LogP contribution in [0.4, 0.5) is 0 Å². The van der Waals surface area contributed by atoms with E-state index in [2.05, 4.69) is 33.7 Å². The van der Waals surface area contributed by atoms with Gasteiger partial charge in [-0.15, -0.1) is 0 Å². The van der Waals surface area contributed by atoms with Gasteiger partial charge in [-0.25, -0.2) is 4.98 Å². The van der Waals surface area contributed by atoms with Gasteiger partial charge in [-0.1, -0.05) is 5.16 Å². The third kappa shape index (κ3) is 3.67. The summed E-state index contributed by atoms with van der Waals surface area (Å²) in [6, 6.07) is 1.70. The molecule has 2 aromatic rings. The van der Waals surface area contributed by atoms with Crippen molar-refractivity contribution in [3.63, 3.8) is 0 Å². The number of likely N-dealkylation sites (N-methyl/N-ethyl adjacent to an activating group) is 1. The zero-order chi connectivity index (χ0) is 17.1. The number of amides is 1. The summed E-state index contributed by atoms with van der Waals surface area (Å²) >= 11 is 0. The summed E-state index contributed by atoms with van der Waals surface area (Å²) in [5.41, 5.74) is 0.728. The van der Waals surface area contributed by atoms with E-state index in [-0.39, 0.29) is 11.8 Å². The van der Waals surface area contributed by atoms with E-state index >= 15 is 0 Å². The summed E-state index contributed by atoms with van der Waals surface area (Å²) in [5.74, 6) is 1.59. The highest BCUT2D eigenvalue weighted by Gasteiger charge is 2.29. The van der Waals surface area contributed by atoms with E-state index in [1.807, 2.05) is 24.2 Å². The van der Waals surface area contributed by atoms with Gasteiger partial charge in [0.15, 0.2) is 0 Å². The third-order valence-electron chi connectivity index (χ3n) is 4.45. The molecule has 1 aliphatic heterocycles. The molecule has 1 aliphatic rings.